The molecule has 50 heavy (non-hydrogen) atoms. The molecule has 2 heterocycles. The Morgan fingerprint density at radius 2 is 0.780 bits per heavy atom. The second-order valence-electron chi connectivity index (χ2n) is 12.5. The van der Waals surface area contributed by atoms with Crippen molar-refractivity contribution >= 4 is 88.8 Å². The quantitative estimate of drug-likeness (QED) is 0.181. The van der Waals surface area contributed by atoms with Gasteiger partial charge in [-0.3, -0.25) is 0 Å². The zero-order chi connectivity index (χ0) is 33.0. The van der Waals surface area contributed by atoms with Crippen LogP contribution in [-0.2, 0) is 0 Å². The SMILES string of the molecule is c1ccc(N(c2ccccc2)c2cc3c4ccc(N(c5ccccc5)c5cccc6c5oc5ccccc56)cc4oc3c3ccccc23)cc1. The van der Waals surface area contributed by atoms with Gasteiger partial charge in [-0.15, -0.1) is 0 Å². The minimum absolute atomic E-state index is 0.823. The maximum atomic E-state index is 6.84. The van der Waals surface area contributed by atoms with Gasteiger partial charge in [0.25, 0.3) is 0 Å². The van der Waals surface area contributed by atoms with E-state index in [9.17, 15) is 0 Å². The van der Waals surface area contributed by atoms with Crippen molar-refractivity contribution in [3.8, 4) is 0 Å². The van der Waals surface area contributed by atoms with E-state index in [0.717, 1.165) is 88.8 Å². The highest BCUT2D eigenvalue weighted by Gasteiger charge is 2.23. The minimum atomic E-state index is 0.823. The predicted octanol–water partition coefficient (Wildman–Crippen LogP) is 13.6. The van der Waals surface area contributed by atoms with Crippen molar-refractivity contribution in [3.63, 3.8) is 0 Å². The first-order valence-corrected chi connectivity index (χ1v) is 16.9. The van der Waals surface area contributed by atoms with Crippen molar-refractivity contribution in [1.29, 1.82) is 0 Å². The topological polar surface area (TPSA) is 32.8 Å². The molecule has 2 aromatic heterocycles. The van der Waals surface area contributed by atoms with Crippen LogP contribution in [0.3, 0.4) is 0 Å². The number of fused-ring (bicyclic) bond motifs is 8. The van der Waals surface area contributed by atoms with Crippen LogP contribution < -0.4 is 9.80 Å². The van der Waals surface area contributed by atoms with Crippen molar-refractivity contribution in [1.82, 2.24) is 0 Å². The molecule has 236 valence electrons. The van der Waals surface area contributed by atoms with Gasteiger partial charge < -0.3 is 18.6 Å². The molecular formula is C46H30N2O2. The molecule has 0 aliphatic heterocycles. The van der Waals surface area contributed by atoms with Crippen LogP contribution in [-0.4, -0.2) is 0 Å². The Balaban J connectivity index is 1.21. The standard InChI is InChI=1S/C46H30N2O2/c1-4-15-31(16-5-1)47(32-17-6-2-7-18-32)42-30-40-37-28-27-34(29-44(37)50-45(40)38-23-11-10-21-35(38)42)48(33-19-8-3-9-20-33)41-25-14-24-39-36-22-12-13-26-43(36)49-46(39)41/h1-30H. The fourth-order valence-corrected chi connectivity index (χ4v) is 7.39. The molecule has 10 aromatic rings. The number of rotatable bonds is 6. The summed E-state index contributed by atoms with van der Waals surface area (Å²) in [5.41, 5.74) is 9.69. The molecule has 0 unspecified atom stereocenters. The average Bonchev–Trinajstić information content (AvgIpc) is 3.75. The van der Waals surface area contributed by atoms with Gasteiger partial charge in [-0.1, -0.05) is 109 Å². The number of nitrogens with zero attached hydrogens (tertiary/aromatic N) is 2. The number of furan rings is 2. The van der Waals surface area contributed by atoms with Crippen molar-refractivity contribution in [3.05, 3.63) is 182 Å². The molecular weight excluding hydrogens is 613 g/mol. The van der Waals surface area contributed by atoms with Gasteiger partial charge in [0.05, 0.1) is 17.1 Å². The smallest absolute Gasteiger partial charge is 0.159 e. The molecule has 0 spiro atoms. The molecule has 8 aromatic carbocycles. The predicted molar refractivity (Wildman–Crippen MR) is 208 cm³/mol. The van der Waals surface area contributed by atoms with Crippen LogP contribution in [0.25, 0.3) is 54.6 Å². The van der Waals surface area contributed by atoms with E-state index >= 15 is 0 Å². The highest BCUT2D eigenvalue weighted by molar-refractivity contribution is 6.20. The second kappa shape index (κ2) is 11.4. The third-order valence-corrected chi connectivity index (χ3v) is 9.61. The summed E-state index contributed by atoms with van der Waals surface area (Å²) in [6.07, 6.45) is 0. The van der Waals surface area contributed by atoms with Gasteiger partial charge in [-0.05, 0) is 66.7 Å². The Morgan fingerprint density at radius 3 is 1.46 bits per heavy atom. The molecule has 10 rings (SSSR count). The van der Waals surface area contributed by atoms with E-state index in [2.05, 4.69) is 174 Å². The normalized spacial score (nSPS) is 11.6. The summed E-state index contributed by atoms with van der Waals surface area (Å²) in [7, 11) is 0. The van der Waals surface area contributed by atoms with E-state index in [0.29, 0.717) is 0 Å². The first-order chi connectivity index (χ1) is 24.8. The monoisotopic (exact) mass is 642 g/mol. The van der Waals surface area contributed by atoms with E-state index in [1.807, 2.05) is 18.2 Å². The maximum absolute atomic E-state index is 6.84. The lowest BCUT2D eigenvalue weighted by Crippen LogP contribution is -2.10. The van der Waals surface area contributed by atoms with E-state index in [4.69, 9.17) is 8.83 Å². The van der Waals surface area contributed by atoms with Gasteiger partial charge in [-0.2, -0.15) is 0 Å². The largest absolute Gasteiger partial charge is 0.455 e. The highest BCUT2D eigenvalue weighted by atomic mass is 16.3. The van der Waals surface area contributed by atoms with E-state index in [-0.39, 0.29) is 0 Å². The summed E-state index contributed by atoms with van der Waals surface area (Å²) in [4.78, 5) is 4.59. The summed E-state index contributed by atoms with van der Waals surface area (Å²) in [5, 5.41) is 6.52. The van der Waals surface area contributed by atoms with Gasteiger partial charge in [-0.25, -0.2) is 0 Å². The van der Waals surface area contributed by atoms with Crippen molar-refractivity contribution in [2.24, 2.45) is 0 Å². The Labute approximate surface area is 288 Å². The highest BCUT2D eigenvalue weighted by Crippen LogP contribution is 2.47. The van der Waals surface area contributed by atoms with Gasteiger partial charge in [0.2, 0.25) is 0 Å². The van der Waals surface area contributed by atoms with Crippen molar-refractivity contribution < 1.29 is 8.83 Å². The number of anilines is 6. The van der Waals surface area contributed by atoms with Crippen LogP contribution in [0, 0.1) is 0 Å². The van der Waals surface area contributed by atoms with Gasteiger partial charge in [0, 0.05) is 55.4 Å². The molecule has 4 heteroatoms. The molecule has 0 radical (unpaired) electrons. The minimum Gasteiger partial charge on any atom is -0.455 e. The molecule has 0 N–H and O–H groups in total. The molecule has 0 saturated heterocycles. The lowest BCUT2D eigenvalue weighted by Gasteiger charge is -2.27. The molecule has 0 aliphatic rings. The van der Waals surface area contributed by atoms with Gasteiger partial charge >= 0.3 is 0 Å². The number of para-hydroxylation sites is 5. The van der Waals surface area contributed by atoms with Crippen LogP contribution in [0.4, 0.5) is 34.1 Å². The molecule has 0 atom stereocenters. The third-order valence-electron chi connectivity index (χ3n) is 9.61. The molecule has 0 aliphatic carbocycles. The van der Waals surface area contributed by atoms with Crippen molar-refractivity contribution in [2.45, 2.75) is 0 Å². The Hall–Kier alpha value is -6.78. The van der Waals surface area contributed by atoms with Crippen LogP contribution in [0.5, 0.6) is 0 Å². The van der Waals surface area contributed by atoms with Gasteiger partial charge in [0.1, 0.15) is 16.7 Å². The summed E-state index contributed by atoms with van der Waals surface area (Å²) >= 11 is 0. The lowest BCUT2D eigenvalue weighted by atomic mass is 10.0. The van der Waals surface area contributed by atoms with Crippen LogP contribution >= 0.6 is 0 Å². The van der Waals surface area contributed by atoms with Crippen LogP contribution in [0.1, 0.15) is 0 Å². The fraction of sp³-hybridized carbons (Fsp3) is 0. The summed E-state index contributed by atoms with van der Waals surface area (Å²) in [5.74, 6) is 0. The molecule has 0 amide bonds. The van der Waals surface area contributed by atoms with E-state index in [1.54, 1.807) is 0 Å². The summed E-state index contributed by atoms with van der Waals surface area (Å²) in [6.45, 7) is 0. The van der Waals surface area contributed by atoms with E-state index in [1.165, 1.54) is 0 Å². The first-order valence-electron chi connectivity index (χ1n) is 16.9. The van der Waals surface area contributed by atoms with Crippen LogP contribution in [0.2, 0.25) is 0 Å². The molecule has 0 bridgehead atoms. The Morgan fingerprint density at radius 1 is 0.280 bits per heavy atom. The van der Waals surface area contributed by atoms with Crippen LogP contribution in [0.15, 0.2) is 191 Å². The van der Waals surface area contributed by atoms with E-state index < -0.39 is 0 Å². The zero-order valence-electron chi connectivity index (χ0n) is 27.0. The number of hydrogen-bond donors (Lipinski definition) is 0. The summed E-state index contributed by atoms with van der Waals surface area (Å²) in [6, 6.07) is 63.5. The van der Waals surface area contributed by atoms with Gasteiger partial charge in [0.15, 0.2) is 5.58 Å². The maximum Gasteiger partial charge on any atom is 0.159 e. The zero-order valence-corrected chi connectivity index (χ0v) is 27.0. The second-order valence-corrected chi connectivity index (χ2v) is 12.5. The fourth-order valence-electron chi connectivity index (χ4n) is 7.39. The Bertz CT molecular complexity index is 2780. The molecule has 0 saturated carbocycles. The summed E-state index contributed by atoms with van der Waals surface area (Å²) < 4.78 is 13.4. The Kier molecular flexibility index (Phi) is 6.46. The first kappa shape index (κ1) is 28.3. The molecule has 4 nitrogen and oxygen atoms in total. The third kappa shape index (κ3) is 4.46. The lowest BCUT2D eigenvalue weighted by molar-refractivity contribution is 0.668. The average molecular weight is 643 g/mol. The number of benzene rings is 8. The van der Waals surface area contributed by atoms with Crippen molar-refractivity contribution in [2.75, 3.05) is 9.80 Å². The number of hydrogen-bond acceptors (Lipinski definition) is 4. The molecule has 0 fully saturated rings.